The summed E-state index contributed by atoms with van der Waals surface area (Å²) in [7, 11) is 0. The SMILES string of the molecule is O=C(OCCCc1ccccc1)C1=C(COCCN2CCCCC2)NC(c2ccco2)=NC1c1ccc([N+](=O)[O-])c(O)c1. The summed E-state index contributed by atoms with van der Waals surface area (Å²) in [6.45, 7) is 3.62. The van der Waals surface area contributed by atoms with Crippen molar-refractivity contribution in [1.82, 2.24) is 10.2 Å². The van der Waals surface area contributed by atoms with Crippen LogP contribution in [-0.4, -0.2) is 66.2 Å². The van der Waals surface area contributed by atoms with Crippen molar-refractivity contribution in [1.29, 1.82) is 0 Å². The van der Waals surface area contributed by atoms with E-state index < -0.39 is 28.4 Å². The van der Waals surface area contributed by atoms with Gasteiger partial charge in [0.1, 0.15) is 6.04 Å². The highest BCUT2D eigenvalue weighted by Crippen LogP contribution is 2.37. The normalized spacial score (nSPS) is 17.3. The molecule has 0 amide bonds. The van der Waals surface area contributed by atoms with Gasteiger partial charge >= 0.3 is 11.7 Å². The van der Waals surface area contributed by atoms with Crippen molar-refractivity contribution in [3.8, 4) is 5.75 Å². The fourth-order valence-corrected chi connectivity index (χ4v) is 5.31. The topological polar surface area (TPSA) is 140 Å². The van der Waals surface area contributed by atoms with Crippen molar-refractivity contribution in [3.63, 3.8) is 0 Å². The zero-order valence-electron chi connectivity index (χ0n) is 23.9. The first kappa shape index (κ1) is 30.0. The number of benzene rings is 2. The van der Waals surface area contributed by atoms with Gasteiger partial charge in [-0.3, -0.25) is 15.1 Å². The molecule has 1 aromatic heterocycles. The smallest absolute Gasteiger partial charge is 0.338 e. The molecule has 2 N–H and O–H groups in total. The highest BCUT2D eigenvalue weighted by Gasteiger charge is 2.34. The average molecular weight is 589 g/mol. The Bertz CT molecular complexity index is 1450. The molecule has 0 aliphatic carbocycles. The molecule has 1 fully saturated rings. The second-order valence-electron chi connectivity index (χ2n) is 10.6. The third kappa shape index (κ3) is 7.88. The van der Waals surface area contributed by atoms with Gasteiger partial charge in [-0.1, -0.05) is 36.8 Å². The zero-order valence-corrected chi connectivity index (χ0v) is 23.9. The van der Waals surface area contributed by atoms with Gasteiger partial charge < -0.3 is 29.2 Å². The molecule has 3 heterocycles. The number of phenolic OH excluding ortho intramolecular Hbond substituents is 1. The van der Waals surface area contributed by atoms with E-state index in [-0.39, 0.29) is 18.8 Å². The van der Waals surface area contributed by atoms with Gasteiger partial charge in [-0.15, -0.1) is 0 Å². The number of aliphatic imine (C=N–C) groups is 1. The average Bonchev–Trinajstić information content (AvgIpc) is 3.57. The maximum Gasteiger partial charge on any atom is 0.338 e. The predicted octanol–water partition coefficient (Wildman–Crippen LogP) is 4.92. The fourth-order valence-electron chi connectivity index (χ4n) is 5.31. The molecule has 5 rings (SSSR count). The molecule has 1 unspecified atom stereocenters. The van der Waals surface area contributed by atoms with E-state index in [1.165, 1.54) is 43.7 Å². The number of carbonyl (C=O) groups excluding carboxylic acids is 1. The van der Waals surface area contributed by atoms with Crippen LogP contribution in [-0.2, 0) is 20.7 Å². The number of furan rings is 1. The number of nitrogens with one attached hydrogen (secondary N) is 1. The molecule has 2 aliphatic heterocycles. The Morgan fingerprint density at radius 3 is 2.63 bits per heavy atom. The summed E-state index contributed by atoms with van der Waals surface area (Å²) >= 11 is 0. The second-order valence-corrected chi connectivity index (χ2v) is 10.6. The lowest BCUT2D eigenvalue weighted by molar-refractivity contribution is -0.385. The van der Waals surface area contributed by atoms with Crippen LogP contribution in [0.2, 0.25) is 0 Å². The van der Waals surface area contributed by atoms with Crippen LogP contribution in [0.25, 0.3) is 0 Å². The number of carbonyl (C=O) groups is 1. The number of esters is 1. The Hall–Kier alpha value is -4.48. The summed E-state index contributed by atoms with van der Waals surface area (Å²) in [6, 6.07) is 16.4. The third-order valence-corrected chi connectivity index (χ3v) is 7.55. The second kappa shape index (κ2) is 14.6. The lowest BCUT2D eigenvalue weighted by Gasteiger charge is -2.28. The Labute approximate surface area is 250 Å². The molecule has 0 bridgehead atoms. The molecule has 1 atom stereocenters. The largest absolute Gasteiger partial charge is 0.502 e. The molecule has 1 saturated heterocycles. The van der Waals surface area contributed by atoms with E-state index in [1.807, 2.05) is 30.3 Å². The molecule has 2 aromatic carbocycles. The Morgan fingerprint density at radius 2 is 1.91 bits per heavy atom. The van der Waals surface area contributed by atoms with Gasteiger partial charge in [-0.25, -0.2) is 4.79 Å². The number of hydrogen-bond donors (Lipinski definition) is 2. The molecule has 0 saturated carbocycles. The Kier molecular flexibility index (Phi) is 10.2. The standard InChI is InChI=1S/C32H36N4O7/c37-27-21-24(13-14-26(27)36(39)40)30-29(32(38)43-19-7-11-23-9-3-1-4-10-23)25(33-31(34-30)28-12-8-18-42-28)22-41-20-17-35-15-5-2-6-16-35/h1,3-4,8-10,12-14,18,21,30,37H,2,5-7,11,15-17,19-20,22H2,(H,33,34). The minimum Gasteiger partial charge on any atom is -0.502 e. The number of piperidine rings is 1. The van der Waals surface area contributed by atoms with Gasteiger partial charge in [0.05, 0.1) is 42.3 Å². The summed E-state index contributed by atoms with van der Waals surface area (Å²) < 4.78 is 17.4. The number of hydrogen-bond acceptors (Lipinski definition) is 10. The molecular formula is C32H36N4O7. The molecule has 3 aromatic rings. The van der Waals surface area contributed by atoms with Crippen LogP contribution in [0, 0.1) is 10.1 Å². The summed E-state index contributed by atoms with van der Waals surface area (Å²) in [5.41, 5.74) is 1.75. The highest BCUT2D eigenvalue weighted by atomic mass is 16.6. The van der Waals surface area contributed by atoms with Gasteiger partial charge in [0.25, 0.3) is 0 Å². The molecular weight excluding hydrogens is 552 g/mol. The third-order valence-electron chi connectivity index (χ3n) is 7.55. The van der Waals surface area contributed by atoms with Crippen molar-refractivity contribution in [2.75, 3.05) is 39.5 Å². The zero-order chi connectivity index (χ0) is 30.0. The first-order chi connectivity index (χ1) is 21.0. The van der Waals surface area contributed by atoms with E-state index in [2.05, 4.69) is 10.2 Å². The molecule has 43 heavy (non-hydrogen) atoms. The van der Waals surface area contributed by atoms with Crippen molar-refractivity contribution in [2.24, 2.45) is 4.99 Å². The monoisotopic (exact) mass is 588 g/mol. The van der Waals surface area contributed by atoms with E-state index in [4.69, 9.17) is 18.9 Å². The van der Waals surface area contributed by atoms with Gasteiger partial charge in [0.15, 0.2) is 17.3 Å². The number of aromatic hydroxyl groups is 1. The maximum absolute atomic E-state index is 13.7. The fraction of sp³-hybridized carbons (Fsp3) is 0.375. The Balaban J connectivity index is 1.40. The first-order valence-electron chi connectivity index (χ1n) is 14.6. The quantitative estimate of drug-likeness (QED) is 0.123. The predicted molar refractivity (Wildman–Crippen MR) is 160 cm³/mol. The van der Waals surface area contributed by atoms with Gasteiger partial charge in [0.2, 0.25) is 0 Å². The van der Waals surface area contributed by atoms with Crippen LogP contribution in [0.15, 0.2) is 87.6 Å². The number of ether oxygens (including phenoxy) is 2. The van der Waals surface area contributed by atoms with Crippen molar-refractivity contribution in [3.05, 3.63) is 105 Å². The number of nitro groups is 1. The number of rotatable bonds is 13. The van der Waals surface area contributed by atoms with Crippen LogP contribution in [0.3, 0.4) is 0 Å². The van der Waals surface area contributed by atoms with Crippen molar-refractivity contribution >= 4 is 17.5 Å². The number of amidine groups is 1. The summed E-state index contributed by atoms with van der Waals surface area (Å²) in [5, 5.41) is 25.0. The van der Waals surface area contributed by atoms with Gasteiger partial charge in [-0.2, -0.15) is 0 Å². The van der Waals surface area contributed by atoms with E-state index in [1.54, 1.807) is 12.1 Å². The van der Waals surface area contributed by atoms with E-state index in [0.29, 0.717) is 35.9 Å². The molecule has 0 radical (unpaired) electrons. The summed E-state index contributed by atoms with van der Waals surface area (Å²) in [4.78, 5) is 31.5. The van der Waals surface area contributed by atoms with Gasteiger partial charge in [0, 0.05) is 12.6 Å². The number of phenols is 1. The molecule has 11 nitrogen and oxygen atoms in total. The van der Waals surface area contributed by atoms with E-state index in [0.717, 1.165) is 31.6 Å². The van der Waals surface area contributed by atoms with Crippen LogP contribution < -0.4 is 5.32 Å². The number of nitrogens with zero attached hydrogens (tertiary/aromatic N) is 3. The number of likely N-dealkylation sites (tertiary alicyclic amines) is 1. The van der Waals surface area contributed by atoms with Gasteiger partial charge in [-0.05, 0) is 74.2 Å². The molecule has 226 valence electrons. The van der Waals surface area contributed by atoms with E-state index in [9.17, 15) is 20.0 Å². The first-order valence-corrected chi connectivity index (χ1v) is 14.6. The maximum atomic E-state index is 13.7. The van der Waals surface area contributed by atoms with Crippen LogP contribution in [0.4, 0.5) is 5.69 Å². The molecule has 11 heteroatoms. The number of aryl methyl sites for hydroxylation is 1. The minimum atomic E-state index is -0.935. The van der Waals surface area contributed by atoms with Crippen LogP contribution in [0.5, 0.6) is 5.75 Å². The highest BCUT2D eigenvalue weighted by molar-refractivity contribution is 6.02. The van der Waals surface area contributed by atoms with Crippen molar-refractivity contribution in [2.45, 2.75) is 38.1 Å². The van der Waals surface area contributed by atoms with Crippen LogP contribution >= 0.6 is 0 Å². The minimum absolute atomic E-state index is 0.0808. The molecule has 2 aliphatic rings. The number of nitro benzene ring substituents is 1. The molecule has 0 spiro atoms. The van der Waals surface area contributed by atoms with E-state index >= 15 is 0 Å². The summed E-state index contributed by atoms with van der Waals surface area (Å²) in [6.07, 6.45) is 6.50. The lowest BCUT2D eigenvalue weighted by atomic mass is 9.95. The summed E-state index contributed by atoms with van der Waals surface area (Å²) in [5.74, 6) is -0.300. The lowest BCUT2D eigenvalue weighted by Crippen LogP contribution is -2.36. The van der Waals surface area contributed by atoms with Crippen molar-refractivity contribution < 1.29 is 28.7 Å². The Morgan fingerprint density at radius 1 is 1.09 bits per heavy atom. The van der Waals surface area contributed by atoms with Crippen LogP contribution in [0.1, 0.15) is 48.6 Å².